The molecule has 0 atom stereocenters. The Bertz CT molecular complexity index is 518. The second kappa shape index (κ2) is 4.54. The zero-order chi connectivity index (χ0) is 11.5. The third-order valence-corrected chi connectivity index (χ3v) is 3.43. The standard InChI is InChI=1S/C8H4FN3O2S2/c9-5-2-1-3-6(7(5)12(13)14)15-8-10-4-11-16-8/h1-4H. The van der Waals surface area contributed by atoms with Crippen LogP contribution in [0.5, 0.6) is 0 Å². The van der Waals surface area contributed by atoms with E-state index in [0.29, 0.717) is 4.34 Å². The molecule has 2 rings (SSSR count). The molecule has 0 bridgehead atoms. The first kappa shape index (κ1) is 11.0. The molecule has 1 aromatic heterocycles. The van der Waals surface area contributed by atoms with Crippen LogP contribution in [0.25, 0.3) is 0 Å². The number of nitro groups is 1. The van der Waals surface area contributed by atoms with Gasteiger partial charge in [-0.05, 0) is 23.7 Å². The van der Waals surface area contributed by atoms with E-state index in [1.807, 2.05) is 0 Å². The van der Waals surface area contributed by atoms with Crippen molar-refractivity contribution in [1.29, 1.82) is 0 Å². The topological polar surface area (TPSA) is 68.9 Å². The lowest BCUT2D eigenvalue weighted by atomic mass is 10.3. The molecule has 1 aromatic carbocycles. The fraction of sp³-hybridized carbons (Fsp3) is 0. The molecule has 0 aliphatic rings. The Morgan fingerprint density at radius 1 is 1.50 bits per heavy atom. The maximum Gasteiger partial charge on any atom is 0.318 e. The van der Waals surface area contributed by atoms with E-state index in [4.69, 9.17) is 0 Å². The Hall–Kier alpha value is -1.54. The van der Waals surface area contributed by atoms with Crippen molar-refractivity contribution in [2.24, 2.45) is 0 Å². The van der Waals surface area contributed by atoms with Crippen LogP contribution in [0, 0.1) is 15.9 Å². The van der Waals surface area contributed by atoms with E-state index >= 15 is 0 Å². The summed E-state index contributed by atoms with van der Waals surface area (Å²) in [5.41, 5.74) is -0.525. The van der Waals surface area contributed by atoms with Crippen LogP contribution < -0.4 is 0 Å². The van der Waals surface area contributed by atoms with E-state index in [9.17, 15) is 14.5 Å². The summed E-state index contributed by atoms with van der Waals surface area (Å²) in [4.78, 5) is 14.0. The van der Waals surface area contributed by atoms with E-state index < -0.39 is 16.4 Å². The van der Waals surface area contributed by atoms with Crippen molar-refractivity contribution in [2.75, 3.05) is 0 Å². The molecule has 0 fully saturated rings. The molecule has 16 heavy (non-hydrogen) atoms. The Labute approximate surface area is 97.7 Å². The fourth-order valence-electron chi connectivity index (χ4n) is 1.06. The molecule has 0 amide bonds. The van der Waals surface area contributed by atoms with Gasteiger partial charge in [0.2, 0.25) is 5.82 Å². The summed E-state index contributed by atoms with van der Waals surface area (Å²) in [5, 5.41) is 10.7. The molecule has 8 heteroatoms. The minimum Gasteiger partial charge on any atom is -0.258 e. The molecular weight excluding hydrogens is 253 g/mol. The van der Waals surface area contributed by atoms with E-state index in [0.717, 1.165) is 29.4 Å². The van der Waals surface area contributed by atoms with Gasteiger partial charge in [-0.1, -0.05) is 17.8 Å². The molecule has 0 saturated heterocycles. The van der Waals surface area contributed by atoms with Gasteiger partial charge in [-0.15, -0.1) is 0 Å². The van der Waals surface area contributed by atoms with Crippen molar-refractivity contribution in [3.63, 3.8) is 0 Å². The van der Waals surface area contributed by atoms with E-state index in [1.165, 1.54) is 18.5 Å². The fourth-order valence-corrected chi connectivity index (χ4v) is 2.59. The minimum absolute atomic E-state index is 0.224. The van der Waals surface area contributed by atoms with Gasteiger partial charge >= 0.3 is 5.69 Å². The van der Waals surface area contributed by atoms with Crippen LogP contribution in [0.3, 0.4) is 0 Å². The lowest BCUT2D eigenvalue weighted by molar-refractivity contribution is -0.390. The Morgan fingerprint density at radius 2 is 2.31 bits per heavy atom. The molecule has 2 aromatic rings. The Balaban J connectivity index is 2.40. The van der Waals surface area contributed by atoms with Gasteiger partial charge in [-0.25, -0.2) is 4.98 Å². The predicted molar refractivity (Wildman–Crippen MR) is 57.1 cm³/mol. The molecule has 0 spiro atoms. The first-order valence-corrected chi connectivity index (χ1v) is 5.65. The summed E-state index contributed by atoms with van der Waals surface area (Å²) in [5.74, 6) is -0.848. The lowest BCUT2D eigenvalue weighted by Gasteiger charge is -2.00. The number of nitrogens with zero attached hydrogens (tertiary/aromatic N) is 3. The van der Waals surface area contributed by atoms with Crippen molar-refractivity contribution in [1.82, 2.24) is 9.36 Å². The number of halogens is 1. The maximum atomic E-state index is 13.2. The lowest BCUT2D eigenvalue weighted by Crippen LogP contribution is -1.94. The number of aromatic nitrogens is 2. The quantitative estimate of drug-likeness (QED) is 0.624. The Kier molecular flexibility index (Phi) is 3.11. The van der Waals surface area contributed by atoms with Crippen LogP contribution >= 0.6 is 23.3 Å². The third kappa shape index (κ3) is 2.17. The van der Waals surface area contributed by atoms with Crippen molar-refractivity contribution in [3.8, 4) is 0 Å². The number of rotatable bonds is 3. The van der Waals surface area contributed by atoms with Gasteiger partial charge in [0.25, 0.3) is 0 Å². The number of nitro benzene ring substituents is 1. The zero-order valence-corrected chi connectivity index (χ0v) is 9.29. The molecule has 0 aliphatic heterocycles. The van der Waals surface area contributed by atoms with Gasteiger partial charge < -0.3 is 0 Å². The van der Waals surface area contributed by atoms with E-state index in [-0.39, 0.29) is 4.90 Å². The molecular formula is C8H4FN3O2S2. The first-order chi connectivity index (χ1) is 7.68. The van der Waals surface area contributed by atoms with E-state index in [2.05, 4.69) is 9.36 Å². The van der Waals surface area contributed by atoms with Gasteiger partial charge in [0.15, 0.2) is 4.34 Å². The summed E-state index contributed by atoms with van der Waals surface area (Å²) in [6.07, 6.45) is 1.35. The number of benzene rings is 1. The van der Waals surface area contributed by atoms with Crippen LogP contribution in [0.4, 0.5) is 10.1 Å². The molecule has 82 valence electrons. The van der Waals surface area contributed by atoms with Crippen molar-refractivity contribution in [2.45, 2.75) is 9.24 Å². The van der Waals surface area contributed by atoms with Crippen LogP contribution in [0.15, 0.2) is 33.8 Å². The molecule has 5 nitrogen and oxygen atoms in total. The highest BCUT2D eigenvalue weighted by Gasteiger charge is 2.21. The second-order valence-corrected chi connectivity index (χ2v) is 4.72. The second-order valence-electron chi connectivity index (χ2n) is 2.65. The molecule has 0 radical (unpaired) electrons. The highest BCUT2D eigenvalue weighted by molar-refractivity contribution is 8.01. The largest absolute Gasteiger partial charge is 0.318 e. The van der Waals surface area contributed by atoms with Crippen molar-refractivity contribution < 1.29 is 9.31 Å². The van der Waals surface area contributed by atoms with Gasteiger partial charge in [0, 0.05) is 0 Å². The van der Waals surface area contributed by atoms with Crippen molar-refractivity contribution in [3.05, 3.63) is 40.5 Å². The van der Waals surface area contributed by atoms with Crippen LogP contribution in [0.2, 0.25) is 0 Å². The predicted octanol–water partition coefficient (Wildman–Crippen LogP) is 2.74. The molecule has 0 unspecified atom stereocenters. The average Bonchev–Trinajstić information content (AvgIpc) is 2.70. The van der Waals surface area contributed by atoms with Gasteiger partial charge in [0.05, 0.1) is 9.82 Å². The summed E-state index contributed by atoms with van der Waals surface area (Å²) in [7, 11) is 0. The molecule has 0 saturated carbocycles. The monoisotopic (exact) mass is 257 g/mol. The normalized spacial score (nSPS) is 10.3. The molecule has 0 N–H and O–H groups in total. The minimum atomic E-state index is -0.848. The number of para-hydroxylation sites is 1. The summed E-state index contributed by atoms with van der Waals surface area (Å²) in [6.45, 7) is 0. The summed E-state index contributed by atoms with van der Waals surface area (Å²) >= 11 is 2.13. The summed E-state index contributed by atoms with van der Waals surface area (Å²) in [6, 6.07) is 3.96. The molecule has 1 heterocycles. The van der Waals surface area contributed by atoms with Gasteiger partial charge in [-0.2, -0.15) is 8.76 Å². The first-order valence-electron chi connectivity index (χ1n) is 4.06. The zero-order valence-electron chi connectivity index (χ0n) is 7.66. The summed E-state index contributed by atoms with van der Waals surface area (Å²) < 4.78 is 17.5. The highest BCUT2D eigenvalue weighted by atomic mass is 32.2. The van der Waals surface area contributed by atoms with Crippen LogP contribution in [0.1, 0.15) is 0 Å². The SMILES string of the molecule is O=[N+]([O-])c1c(F)cccc1Sc1ncns1. The highest BCUT2D eigenvalue weighted by Crippen LogP contribution is 2.36. The van der Waals surface area contributed by atoms with Crippen LogP contribution in [-0.4, -0.2) is 14.3 Å². The maximum absolute atomic E-state index is 13.2. The number of hydrogen-bond donors (Lipinski definition) is 0. The van der Waals surface area contributed by atoms with Crippen molar-refractivity contribution >= 4 is 29.0 Å². The smallest absolute Gasteiger partial charge is 0.258 e. The van der Waals surface area contributed by atoms with E-state index in [1.54, 1.807) is 0 Å². The van der Waals surface area contributed by atoms with Gasteiger partial charge in [-0.3, -0.25) is 10.1 Å². The Morgan fingerprint density at radius 3 is 2.94 bits per heavy atom. The number of hydrogen-bond acceptors (Lipinski definition) is 6. The van der Waals surface area contributed by atoms with Crippen LogP contribution in [-0.2, 0) is 0 Å². The molecule has 0 aliphatic carbocycles. The van der Waals surface area contributed by atoms with Gasteiger partial charge in [0.1, 0.15) is 6.33 Å². The average molecular weight is 257 g/mol. The third-order valence-electron chi connectivity index (χ3n) is 1.67.